The summed E-state index contributed by atoms with van der Waals surface area (Å²) in [5.74, 6) is 1.17. The predicted octanol–water partition coefficient (Wildman–Crippen LogP) is 3.00. The lowest BCUT2D eigenvalue weighted by Crippen LogP contribution is -2.38. The van der Waals surface area contributed by atoms with E-state index in [1.165, 1.54) is 0 Å². The molecule has 6 heteroatoms. The van der Waals surface area contributed by atoms with Crippen LogP contribution in [0.2, 0.25) is 5.02 Å². The van der Waals surface area contributed by atoms with E-state index >= 15 is 0 Å². The first-order valence-corrected chi connectivity index (χ1v) is 8.15. The lowest BCUT2D eigenvalue weighted by molar-refractivity contribution is -0.123. The second kappa shape index (κ2) is 6.72. The number of likely N-dealkylation sites (tertiary alicyclic amines) is 1. The molecule has 0 saturated carbocycles. The van der Waals surface area contributed by atoms with Gasteiger partial charge in [-0.2, -0.15) is 0 Å². The summed E-state index contributed by atoms with van der Waals surface area (Å²) >= 11 is 6.20. The van der Waals surface area contributed by atoms with Gasteiger partial charge in [-0.25, -0.2) is 4.98 Å². The zero-order valence-electron chi connectivity index (χ0n) is 13.1. The number of nitrogens with two attached hydrogens (primary N) is 1. The molecule has 1 saturated heterocycles. The Balaban J connectivity index is 1.70. The molecule has 0 radical (unpaired) electrons. The third-order valence-corrected chi connectivity index (χ3v) is 4.69. The number of aromatic nitrogens is 1. The molecule has 1 aromatic carbocycles. The lowest BCUT2D eigenvalue weighted by atomic mass is 9.96. The van der Waals surface area contributed by atoms with E-state index in [2.05, 4.69) is 9.88 Å². The number of piperidine rings is 1. The van der Waals surface area contributed by atoms with Crippen LogP contribution in [0.15, 0.2) is 28.7 Å². The average Bonchev–Trinajstić information content (AvgIpc) is 2.89. The monoisotopic (exact) mass is 333 g/mol. The van der Waals surface area contributed by atoms with Crippen LogP contribution < -0.4 is 5.73 Å². The second-order valence-electron chi connectivity index (χ2n) is 5.95. The van der Waals surface area contributed by atoms with Crippen molar-refractivity contribution in [3.05, 3.63) is 40.7 Å². The minimum atomic E-state index is -0.191. The summed E-state index contributed by atoms with van der Waals surface area (Å²) in [5.41, 5.74) is 7.09. The molecular weight excluding hydrogens is 314 g/mol. The van der Waals surface area contributed by atoms with Crippen molar-refractivity contribution in [2.45, 2.75) is 26.3 Å². The molecule has 0 bridgehead atoms. The predicted molar refractivity (Wildman–Crippen MR) is 88.9 cm³/mol. The molecule has 1 aliphatic heterocycles. The Bertz CT molecular complexity index is 706. The zero-order chi connectivity index (χ0) is 16.4. The smallest absolute Gasteiger partial charge is 0.228 e. The van der Waals surface area contributed by atoms with Crippen molar-refractivity contribution in [2.24, 2.45) is 11.7 Å². The van der Waals surface area contributed by atoms with E-state index in [1.54, 1.807) is 0 Å². The number of aryl methyl sites for hydroxylation is 1. The molecule has 0 aliphatic carbocycles. The molecule has 5 nitrogen and oxygen atoms in total. The van der Waals surface area contributed by atoms with Crippen molar-refractivity contribution in [2.75, 3.05) is 13.1 Å². The Morgan fingerprint density at radius 1 is 1.39 bits per heavy atom. The van der Waals surface area contributed by atoms with Gasteiger partial charge in [0.25, 0.3) is 0 Å². The number of benzene rings is 1. The summed E-state index contributed by atoms with van der Waals surface area (Å²) in [6.07, 6.45) is 1.62. The second-order valence-corrected chi connectivity index (χ2v) is 6.36. The molecule has 3 rings (SSSR count). The number of rotatable bonds is 4. The van der Waals surface area contributed by atoms with Gasteiger partial charge in [0.2, 0.25) is 11.8 Å². The number of carbonyl (C=O) groups is 1. The van der Waals surface area contributed by atoms with Gasteiger partial charge in [0.05, 0.1) is 16.3 Å². The number of hydrogen-bond donors (Lipinski definition) is 1. The number of halogens is 1. The van der Waals surface area contributed by atoms with E-state index in [0.29, 0.717) is 17.5 Å². The third-order valence-electron chi connectivity index (χ3n) is 4.36. The van der Waals surface area contributed by atoms with Crippen LogP contribution in [0.4, 0.5) is 0 Å². The van der Waals surface area contributed by atoms with Crippen molar-refractivity contribution in [1.29, 1.82) is 0 Å². The highest BCUT2D eigenvalue weighted by Gasteiger charge is 2.24. The quantitative estimate of drug-likeness (QED) is 0.933. The molecular formula is C17H20ClN3O2. The van der Waals surface area contributed by atoms with Gasteiger partial charge in [0, 0.05) is 12.5 Å². The zero-order valence-corrected chi connectivity index (χ0v) is 13.8. The Morgan fingerprint density at radius 3 is 2.74 bits per heavy atom. The molecule has 1 fully saturated rings. The summed E-state index contributed by atoms with van der Waals surface area (Å²) in [6, 6.07) is 7.51. The van der Waals surface area contributed by atoms with Crippen LogP contribution >= 0.6 is 11.6 Å². The lowest BCUT2D eigenvalue weighted by Gasteiger charge is -2.29. The van der Waals surface area contributed by atoms with Crippen molar-refractivity contribution < 1.29 is 9.21 Å². The van der Waals surface area contributed by atoms with Crippen LogP contribution in [0.5, 0.6) is 0 Å². The number of oxazole rings is 1. The first kappa shape index (κ1) is 16.0. The maximum Gasteiger partial charge on any atom is 0.228 e. The molecule has 1 aliphatic rings. The fraction of sp³-hybridized carbons (Fsp3) is 0.412. The number of primary amides is 1. The van der Waals surface area contributed by atoms with Crippen LogP contribution in [-0.2, 0) is 11.3 Å². The number of hydrogen-bond acceptors (Lipinski definition) is 4. The van der Waals surface area contributed by atoms with E-state index < -0.39 is 0 Å². The maximum absolute atomic E-state index is 11.2. The van der Waals surface area contributed by atoms with Crippen LogP contribution in [0.25, 0.3) is 11.5 Å². The summed E-state index contributed by atoms with van der Waals surface area (Å²) in [4.78, 5) is 18.1. The molecule has 0 spiro atoms. The third kappa shape index (κ3) is 3.57. The first-order chi connectivity index (χ1) is 11.0. The molecule has 0 unspecified atom stereocenters. The fourth-order valence-corrected chi connectivity index (χ4v) is 3.13. The Hall–Kier alpha value is -1.85. The highest BCUT2D eigenvalue weighted by atomic mass is 35.5. The molecule has 2 heterocycles. The van der Waals surface area contributed by atoms with E-state index in [0.717, 1.165) is 42.9 Å². The van der Waals surface area contributed by atoms with Gasteiger partial charge in [0.15, 0.2) is 0 Å². The van der Waals surface area contributed by atoms with Crippen molar-refractivity contribution in [1.82, 2.24) is 9.88 Å². The van der Waals surface area contributed by atoms with E-state index in [1.807, 2.05) is 31.2 Å². The molecule has 1 amide bonds. The summed E-state index contributed by atoms with van der Waals surface area (Å²) < 4.78 is 5.79. The number of nitrogens with zero attached hydrogens (tertiary/aromatic N) is 2. The number of carbonyl (C=O) groups excluding carboxylic acids is 1. The standard InChI is InChI=1S/C17H20ClN3O2/c1-11-15(10-21-8-6-12(7-9-21)16(19)22)20-17(23-11)13-4-2-3-5-14(13)18/h2-5,12H,6-10H2,1H3,(H2,19,22). The molecule has 0 atom stereocenters. The fourth-order valence-electron chi connectivity index (χ4n) is 2.91. The van der Waals surface area contributed by atoms with Gasteiger partial charge in [0.1, 0.15) is 5.76 Å². The normalized spacial score (nSPS) is 16.6. The van der Waals surface area contributed by atoms with Gasteiger partial charge in [-0.15, -0.1) is 0 Å². The molecule has 122 valence electrons. The van der Waals surface area contributed by atoms with Crippen LogP contribution in [0, 0.1) is 12.8 Å². The van der Waals surface area contributed by atoms with E-state index in [-0.39, 0.29) is 11.8 Å². The SMILES string of the molecule is Cc1oc(-c2ccccc2Cl)nc1CN1CCC(C(N)=O)CC1. The van der Waals surface area contributed by atoms with E-state index in [4.69, 9.17) is 21.8 Å². The Morgan fingerprint density at radius 2 is 2.09 bits per heavy atom. The Kier molecular flexibility index (Phi) is 4.68. The van der Waals surface area contributed by atoms with Crippen LogP contribution in [0.1, 0.15) is 24.3 Å². The summed E-state index contributed by atoms with van der Waals surface area (Å²) in [7, 11) is 0. The minimum absolute atomic E-state index is 0.00309. The minimum Gasteiger partial charge on any atom is -0.441 e. The van der Waals surface area contributed by atoms with Crippen molar-refractivity contribution in [3.8, 4) is 11.5 Å². The first-order valence-electron chi connectivity index (χ1n) is 7.77. The van der Waals surface area contributed by atoms with E-state index in [9.17, 15) is 4.79 Å². The maximum atomic E-state index is 11.2. The summed E-state index contributed by atoms with van der Waals surface area (Å²) in [5, 5.41) is 0.627. The van der Waals surface area contributed by atoms with Crippen molar-refractivity contribution in [3.63, 3.8) is 0 Å². The van der Waals surface area contributed by atoms with Gasteiger partial charge in [-0.05, 0) is 45.0 Å². The molecule has 1 aromatic heterocycles. The number of amides is 1. The van der Waals surface area contributed by atoms with Crippen LogP contribution in [-0.4, -0.2) is 28.9 Å². The molecule has 23 heavy (non-hydrogen) atoms. The highest BCUT2D eigenvalue weighted by Crippen LogP contribution is 2.29. The summed E-state index contributed by atoms with van der Waals surface area (Å²) in [6.45, 7) is 4.33. The van der Waals surface area contributed by atoms with Gasteiger partial charge < -0.3 is 10.2 Å². The van der Waals surface area contributed by atoms with Gasteiger partial charge in [-0.1, -0.05) is 23.7 Å². The largest absolute Gasteiger partial charge is 0.441 e. The van der Waals surface area contributed by atoms with Gasteiger partial charge in [-0.3, -0.25) is 9.69 Å². The molecule has 2 N–H and O–H groups in total. The highest BCUT2D eigenvalue weighted by molar-refractivity contribution is 6.33. The average molecular weight is 334 g/mol. The topological polar surface area (TPSA) is 72.4 Å². The Labute approximate surface area is 140 Å². The molecule has 2 aromatic rings. The van der Waals surface area contributed by atoms with Crippen molar-refractivity contribution >= 4 is 17.5 Å². The van der Waals surface area contributed by atoms with Gasteiger partial charge >= 0.3 is 0 Å². The van der Waals surface area contributed by atoms with Crippen LogP contribution in [0.3, 0.4) is 0 Å².